The number of nitrogens with zero attached hydrogens (tertiary/aromatic N) is 2. The molecule has 3 rings (SSSR count). The van der Waals surface area contributed by atoms with Crippen molar-refractivity contribution >= 4 is 21.8 Å². The van der Waals surface area contributed by atoms with Crippen molar-refractivity contribution in [1.82, 2.24) is 14.9 Å². The fraction of sp³-hybridized carbons (Fsp3) is 0.533. The minimum Gasteiger partial charge on any atom is -0.327 e. The molecule has 1 aliphatic heterocycles. The van der Waals surface area contributed by atoms with Gasteiger partial charge in [-0.25, -0.2) is 4.98 Å². The lowest BCUT2D eigenvalue weighted by Gasteiger charge is -2.22. The summed E-state index contributed by atoms with van der Waals surface area (Å²) in [5.74, 6) is 2.77. The highest BCUT2D eigenvalue weighted by molar-refractivity contribution is 7.85. The second-order valence-electron chi connectivity index (χ2n) is 5.26. The summed E-state index contributed by atoms with van der Waals surface area (Å²) in [5.41, 5.74) is 2.27. The maximum atomic E-state index is 11.4. The summed E-state index contributed by atoms with van der Waals surface area (Å²) in [6.07, 6.45) is 2.03. The van der Waals surface area contributed by atoms with E-state index in [2.05, 4.69) is 35.0 Å². The molecule has 1 N–H and O–H groups in total. The number of rotatable bonds is 4. The molecule has 108 valence electrons. The molecule has 0 radical (unpaired) electrons. The van der Waals surface area contributed by atoms with Gasteiger partial charge < -0.3 is 9.88 Å². The zero-order valence-electron chi connectivity index (χ0n) is 11.8. The summed E-state index contributed by atoms with van der Waals surface area (Å²) in [7, 11) is -0.588. The van der Waals surface area contributed by atoms with E-state index in [1.165, 1.54) is 5.52 Å². The number of aryl methyl sites for hydroxylation is 1. The molecule has 1 aromatic carbocycles. The lowest BCUT2D eigenvalue weighted by molar-refractivity contribution is 0.462. The number of imidazole rings is 1. The van der Waals surface area contributed by atoms with Gasteiger partial charge in [0.05, 0.1) is 17.6 Å². The Morgan fingerprint density at radius 2 is 2.10 bits per heavy atom. The van der Waals surface area contributed by atoms with Crippen molar-refractivity contribution < 1.29 is 4.21 Å². The molecule has 0 unspecified atom stereocenters. The van der Waals surface area contributed by atoms with E-state index in [0.717, 1.165) is 48.8 Å². The van der Waals surface area contributed by atoms with Crippen molar-refractivity contribution in [3.8, 4) is 0 Å². The van der Waals surface area contributed by atoms with Crippen molar-refractivity contribution in [1.29, 1.82) is 0 Å². The molecular formula is C15H21N3OS. The normalized spacial score (nSPS) is 23.2. The number of hydrogen-bond donors (Lipinski definition) is 1. The van der Waals surface area contributed by atoms with Crippen molar-refractivity contribution in [2.75, 3.05) is 11.5 Å². The Hall–Kier alpha value is -1.20. The maximum Gasteiger partial charge on any atom is 0.123 e. The third kappa shape index (κ3) is 2.79. The van der Waals surface area contributed by atoms with Crippen LogP contribution >= 0.6 is 0 Å². The average Bonchev–Trinajstić information content (AvgIpc) is 2.84. The molecule has 0 aliphatic carbocycles. The molecule has 1 fully saturated rings. The summed E-state index contributed by atoms with van der Waals surface area (Å²) < 4.78 is 13.6. The van der Waals surface area contributed by atoms with Gasteiger partial charge in [-0.2, -0.15) is 0 Å². The number of hydrogen-bond acceptors (Lipinski definition) is 3. The van der Waals surface area contributed by atoms with E-state index in [9.17, 15) is 4.21 Å². The molecule has 4 nitrogen and oxygen atoms in total. The van der Waals surface area contributed by atoms with Crippen LogP contribution in [0, 0.1) is 0 Å². The molecule has 20 heavy (non-hydrogen) atoms. The van der Waals surface area contributed by atoms with Crippen LogP contribution in [-0.2, 0) is 23.9 Å². The molecule has 2 heterocycles. The second kappa shape index (κ2) is 6.06. The van der Waals surface area contributed by atoms with Gasteiger partial charge in [-0.1, -0.05) is 12.1 Å². The van der Waals surface area contributed by atoms with Crippen molar-refractivity contribution in [3.05, 3.63) is 30.1 Å². The summed E-state index contributed by atoms with van der Waals surface area (Å²) in [5, 5.41) is 3.58. The van der Waals surface area contributed by atoms with Gasteiger partial charge in [0.2, 0.25) is 0 Å². The monoisotopic (exact) mass is 291 g/mol. The summed E-state index contributed by atoms with van der Waals surface area (Å²) in [6.45, 7) is 3.88. The number of aromatic nitrogens is 2. The van der Waals surface area contributed by atoms with Crippen molar-refractivity contribution in [3.63, 3.8) is 0 Å². The van der Waals surface area contributed by atoms with E-state index >= 15 is 0 Å². The van der Waals surface area contributed by atoms with Gasteiger partial charge in [-0.15, -0.1) is 0 Å². The smallest absolute Gasteiger partial charge is 0.123 e. The fourth-order valence-electron chi connectivity index (χ4n) is 2.85. The van der Waals surface area contributed by atoms with Gasteiger partial charge >= 0.3 is 0 Å². The lowest BCUT2D eigenvalue weighted by Crippen LogP contribution is -2.35. The Balaban J connectivity index is 1.72. The molecule has 1 aromatic heterocycles. The zero-order chi connectivity index (χ0) is 13.9. The summed E-state index contributed by atoms with van der Waals surface area (Å²) >= 11 is 0. The van der Waals surface area contributed by atoms with E-state index in [4.69, 9.17) is 4.98 Å². The maximum absolute atomic E-state index is 11.4. The van der Waals surface area contributed by atoms with Gasteiger partial charge in [0.25, 0.3) is 0 Å². The highest BCUT2D eigenvalue weighted by Crippen LogP contribution is 2.16. The zero-order valence-corrected chi connectivity index (χ0v) is 12.7. The summed E-state index contributed by atoms with van der Waals surface area (Å²) in [6, 6.07) is 8.76. The largest absolute Gasteiger partial charge is 0.327 e. The van der Waals surface area contributed by atoms with Crippen LogP contribution in [0.2, 0.25) is 0 Å². The minimum absolute atomic E-state index is 0.484. The predicted octanol–water partition coefficient (Wildman–Crippen LogP) is 2.06. The molecule has 0 bridgehead atoms. The minimum atomic E-state index is -0.588. The Labute approximate surface area is 122 Å². The van der Waals surface area contributed by atoms with Gasteiger partial charge in [-0.3, -0.25) is 4.21 Å². The molecule has 0 atom stereocenters. The highest BCUT2D eigenvalue weighted by Gasteiger charge is 2.18. The topological polar surface area (TPSA) is 46.9 Å². The molecule has 2 aromatic rings. The van der Waals surface area contributed by atoms with Gasteiger partial charge in [0, 0.05) is 34.9 Å². The van der Waals surface area contributed by atoms with E-state index < -0.39 is 10.8 Å². The highest BCUT2D eigenvalue weighted by atomic mass is 32.2. The number of nitrogens with one attached hydrogen (secondary N) is 1. The lowest BCUT2D eigenvalue weighted by atomic mass is 10.1. The first-order chi connectivity index (χ1) is 9.78. The quantitative estimate of drug-likeness (QED) is 0.938. The molecule has 1 saturated heterocycles. The van der Waals surface area contributed by atoms with E-state index in [0.29, 0.717) is 6.04 Å². The number of para-hydroxylation sites is 2. The van der Waals surface area contributed by atoms with Crippen LogP contribution in [0.4, 0.5) is 0 Å². The molecular weight excluding hydrogens is 270 g/mol. The van der Waals surface area contributed by atoms with Gasteiger partial charge in [-0.05, 0) is 31.9 Å². The van der Waals surface area contributed by atoms with Crippen molar-refractivity contribution in [2.45, 2.75) is 38.9 Å². The third-order valence-electron chi connectivity index (χ3n) is 3.99. The van der Waals surface area contributed by atoms with Crippen LogP contribution in [0.3, 0.4) is 0 Å². The molecule has 0 spiro atoms. The first kappa shape index (κ1) is 13.8. The van der Waals surface area contributed by atoms with Gasteiger partial charge in [0.1, 0.15) is 5.82 Å². The SMILES string of the molecule is CCn1c(CNC2CCS(=O)CC2)nc2ccccc21. The molecule has 0 amide bonds. The third-order valence-corrected chi connectivity index (χ3v) is 5.37. The van der Waals surface area contributed by atoms with Crippen LogP contribution in [0.5, 0.6) is 0 Å². The van der Waals surface area contributed by atoms with Crippen LogP contribution in [0.25, 0.3) is 11.0 Å². The Bertz CT molecular complexity index is 613. The molecule has 1 aliphatic rings. The van der Waals surface area contributed by atoms with Crippen molar-refractivity contribution in [2.24, 2.45) is 0 Å². The van der Waals surface area contributed by atoms with E-state index in [1.54, 1.807) is 0 Å². The predicted molar refractivity (Wildman–Crippen MR) is 83.1 cm³/mol. The number of fused-ring (bicyclic) bond motifs is 1. The Morgan fingerprint density at radius 3 is 2.85 bits per heavy atom. The molecule has 5 heteroatoms. The first-order valence-corrected chi connectivity index (χ1v) is 8.79. The van der Waals surface area contributed by atoms with Crippen LogP contribution in [0.1, 0.15) is 25.6 Å². The Kier molecular flexibility index (Phi) is 4.17. The van der Waals surface area contributed by atoms with Crippen LogP contribution < -0.4 is 5.32 Å². The Morgan fingerprint density at radius 1 is 1.35 bits per heavy atom. The van der Waals surface area contributed by atoms with Crippen LogP contribution in [0.15, 0.2) is 24.3 Å². The first-order valence-electron chi connectivity index (χ1n) is 7.30. The van der Waals surface area contributed by atoms with E-state index in [1.807, 2.05) is 6.07 Å². The average molecular weight is 291 g/mol. The fourth-order valence-corrected chi connectivity index (χ4v) is 4.15. The van der Waals surface area contributed by atoms with Gasteiger partial charge in [0.15, 0.2) is 0 Å². The standard InChI is InChI=1S/C15H21N3OS/c1-2-18-14-6-4-3-5-13(14)17-15(18)11-16-12-7-9-20(19)10-8-12/h3-6,12,16H,2,7-11H2,1H3. The van der Waals surface area contributed by atoms with Crippen LogP contribution in [-0.4, -0.2) is 31.3 Å². The second-order valence-corrected chi connectivity index (χ2v) is 6.96. The van der Waals surface area contributed by atoms with E-state index in [-0.39, 0.29) is 0 Å². The molecule has 0 saturated carbocycles. The number of benzene rings is 1. The summed E-state index contributed by atoms with van der Waals surface area (Å²) in [4.78, 5) is 4.72.